The lowest BCUT2D eigenvalue weighted by atomic mass is 10.2. The summed E-state index contributed by atoms with van der Waals surface area (Å²) in [6.07, 6.45) is 0.727. The molecule has 1 aromatic carbocycles. The Morgan fingerprint density at radius 3 is 2.85 bits per heavy atom. The molecule has 2 rings (SSSR count). The number of aromatic amines is 1. The number of rotatable bonds is 2. The van der Waals surface area contributed by atoms with Crippen molar-refractivity contribution in [1.29, 1.82) is 0 Å². The normalized spacial score (nSPS) is 13.0. The van der Waals surface area contributed by atoms with Crippen LogP contribution in [-0.2, 0) is 4.79 Å². The molecule has 1 atom stereocenters. The van der Waals surface area contributed by atoms with Crippen molar-refractivity contribution in [1.82, 2.24) is 4.98 Å². The molecular formula is C10H10N2O. The molecule has 13 heavy (non-hydrogen) atoms. The smallest absolute Gasteiger partial charge is 0.142 e. The van der Waals surface area contributed by atoms with E-state index in [-0.39, 0.29) is 0 Å². The Kier molecular flexibility index (Phi) is 1.87. The van der Waals surface area contributed by atoms with Crippen LogP contribution in [0.25, 0.3) is 10.9 Å². The summed E-state index contributed by atoms with van der Waals surface area (Å²) in [5, 5.41) is 1.08. The predicted octanol–water partition coefficient (Wildman–Crippen LogP) is 1.37. The number of carbonyl (C=O) groups is 1. The van der Waals surface area contributed by atoms with E-state index < -0.39 is 6.04 Å². The van der Waals surface area contributed by atoms with Crippen LogP contribution in [-0.4, -0.2) is 11.3 Å². The Balaban J connectivity index is 2.55. The summed E-state index contributed by atoms with van der Waals surface area (Å²) >= 11 is 0. The van der Waals surface area contributed by atoms with Crippen LogP contribution in [0.4, 0.5) is 0 Å². The number of hydrogen-bond donors (Lipinski definition) is 2. The number of aromatic nitrogens is 1. The average Bonchev–Trinajstić information content (AvgIpc) is 2.59. The van der Waals surface area contributed by atoms with Crippen molar-refractivity contribution in [2.75, 3.05) is 0 Å². The summed E-state index contributed by atoms with van der Waals surface area (Å²) in [5.41, 5.74) is 7.33. The van der Waals surface area contributed by atoms with E-state index in [2.05, 4.69) is 4.98 Å². The van der Waals surface area contributed by atoms with Crippen LogP contribution in [0.2, 0.25) is 0 Å². The van der Waals surface area contributed by atoms with Gasteiger partial charge in [0, 0.05) is 11.2 Å². The number of H-pyrrole nitrogens is 1. The fourth-order valence-corrected chi connectivity index (χ4v) is 1.35. The third-order valence-corrected chi connectivity index (χ3v) is 2.06. The van der Waals surface area contributed by atoms with Crippen LogP contribution in [0.1, 0.15) is 11.7 Å². The second kappa shape index (κ2) is 3.03. The Morgan fingerprint density at radius 1 is 1.38 bits per heavy atom. The second-order valence-corrected chi connectivity index (χ2v) is 2.97. The molecule has 0 radical (unpaired) electrons. The lowest BCUT2D eigenvalue weighted by Crippen LogP contribution is -2.11. The summed E-state index contributed by atoms with van der Waals surface area (Å²) in [6.45, 7) is 0. The number of nitrogens with one attached hydrogen (secondary N) is 1. The molecule has 1 aromatic heterocycles. The molecule has 0 spiro atoms. The van der Waals surface area contributed by atoms with Crippen LogP contribution in [0.15, 0.2) is 30.3 Å². The molecule has 0 saturated heterocycles. The van der Waals surface area contributed by atoms with Crippen molar-refractivity contribution in [3.05, 3.63) is 36.0 Å². The van der Waals surface area contributed by atoms with Crippen LogP contribution in [0.3, 0.4) is 0 Å². The van der Waals surface area contributed by atoms with Gasteiger partial charge in [-0.2, -0.15) is 0 Å². The lowest BCUT2D eigenvalue weighted by molar-refractivity contribution is -0.109. The van der Waals surface area contributed by atoms with E-state index >= 15 is 0 Å². The van der Waals surface area contributed by atoms with Gasteiger partial charge in [0.15, 0.2) is 0 Å². The molecule has 3 nitrogen and oxygen atoms in total. The summed E-state index contributed by atoms with van der Waals surface area (Å²) < 4.78 is 0. The van der Waals surface area contributed by atoms with E-state index in [9.17, 15) is 4.79 Å². The monoisotopic (exact) mass is 174 g/mol. The number of hydrogen-bond acceptors (Lipinski definition) is 2. The minimum absolute atomic E-state index is 0.549. The Morgan fingerprint density at radius 2 is 2.15 bits per heavy atom. The standard InChI is InChI=1S/C10H10N2O/c11-8(6-13)10-5-7-3-1-2-4-9(7)12-10/h1-6,8,12H,11H2. The summed E-state index contributed by atoms with van der Waals surface area (Å²) in [6, 6.07) is 9.17. The molecule has 66 valence electrons. The summed E-state index contributed by atoms with van der Waals surface area (Å²) in [5.74, 6) is 0. The van der Waals surface area contributed by atoms with Gasteiger partial charge in [-0.05, 0) is 17.5 Å². The van der Waals surface area contributed by atoms with Crippen molar-refractivity contribution in [2.45, 2.75) is 6.04 Å². The summed E-state index contributed by atoms with van der Waals surface area (Å²) in [4.78, 5) is 13.5. The zero-order valence-electron chi connectivity index (χ0n) is 7.03. The van der Waals surface area contributed by atoms with Gasteiger partial charge in [0.1, 0.15) is 12.3 Å². The van der Waals surface area contributed by atoms with Gasteiger partial charge in [-0.1, -0.05) is 18.2 Å². The molecule has 0 bridgehead atoms. The number of nitrogens with two attached hydrogens (primary N) is 1. The molecule has 0 amide bonds. The van der Waals surface area contributed by atoms with Crippen molar-refractivity contribution < 1.29 is 4.79 Å². The quantitative estimate of drug-likeness (QED) is 0.675. The Hall–Kier alpha value is -1.61. The fourth-order valence-electron chi connectivity index (χ4n) is 1.35. The number of carbonyl (C=O) groups excluding carboxylic acids is 1. The van der Waals surface area contributed by atoms with Gasteiger partial charge in [-0.25, -0.2) is 0 Å². The third-order valence-electron chi connectivity index (χ3n) is 2.06. The molecular weight excluding hydrogens is 164 g/mol. The number of benzene rings is 1. The zero-order chi connectivity index (χ0) is 9.26. The van der Waals surface area contributed by atoms with Gasteiger partial charge >= 0.3 is 0 Å². The second-order valence-electron chi connectivity index (χ2n) is 2.97. The van der Waals surface area contributed by atoms with Gasteiger partial charge in [0.05, 0.1) is 0 Å². The van der Waals surface area contributed by atoms with Gasteiger partial charge < -0.3 is 15.5 Å². The van der Waals surface area contributed by atoms with Gasteiger partial charge in [0.2, 0.25) is 0 Å². The largest absolute Gasteiger partial charge is 0.357 e. The Labute approximate surface area is 75.6 Å². The zero-order valence-corrected chi connectivity index (χ0v) is 7.03. The molecule has 0 aliphatic heterocycles. The first-order chi connectivity index (χ1) is 6.31. The maximum Gasteiger partial charge on any atom is 0.142 e. The van der Waals surface area contributed by atoms with Crippen LogP contribution in [0, 0.1) is 0 Å². The number of para-hydroxylation sites is 1. The molecule has 3 heteroatoms. The number of aldehydes is 1. The van der Waals surface area contributed by atoms with Crippen LogP contribution < -0.4 is 5.73 Å². The van der Waals surface area contributed by atoms with E-state index in [0.29, 0.717) is 0 Å². The molecule has 1 unspecified atom stereocenters. The summed E-state index contributed by atoms with van der Waals surface area (Å²) in [7, 11) is 0. The van der Waals surface area contributed by atoms with Crippen LogP contribution >= 0.6 is 0 Å². The minimum atomic E-state index is -0.549. The molecule has 0 fully saturated rings. The first-order valence-corrected chi connectivity index (χ1v) is 4.10. The maximum atomic E-state index is 10.4. The van der Waals surface area contributed by atoms with Crippen molar-refractivity contribution in [2.24, 2.45) is 5.73 Å². The molecule has 3 N–H and O–H groups in total. The van der Waals surface area contributed by atoms with Gasteiger partial charge in [-0.3, -0.25) is 0 Å². The molecule has 1 heterocycles. The number of fused-ring (bicyclic) bond motifs is 1. The predicted molar refractivity (Wildman–Crippen MR) is 51.3 cm³/mol. The van der Waals surface area contributed by atoms with Crippen molar-refractivity contribution >= 4 is 17.2 Å². The van der Waals surface area contributed by atoms with E-state index in [1.165, 1.54) is 0 Å². The van der Waals surface area contributed by atoms with Gasteiger partial charge in [-0.15, -0.1) is 0 Å². The minimum Gasteiger partial charge on any atom is -0.357 e. The highest BCUT2D eigenvalue weighted by atomic mass is 16.1. The maximum absolute atomic E-state index is 10.4. The first kappa shape index (κ1) is 8.01. The SMILES string of the molecule is NC(C=O)c1cc2ccccc2[nH]1. The van der Waals surface area contributed by atoms with Gasteiger partial charge in [0.25, 0.3) is 0 Å². The van der Waals surface area contributed by atoms with E-state index in [1.807, 2.05) is 30.3 Å². The third kappa shape index (κ3) is 1.34. The molecule has 2 aromatic rings. The fraction of sp³-hybridized carbons (Fsp3) is 0.100. The Bertz CT molecular complexity index is 400. The molecule has 0 aliphatic carbocycles. The lowest BCUT2D eigenvalue weighted by Gasteiger charge is -1.97. The molecule has 0 aliphatic rings. The highest BCUT2D eigenvalue weighted by Gasteiger charge is 2.06. The van der Waals surface area contributed by atoms with E-state index in [0.717, 1.165) is 22.9 Å². The molecule has 0 saturated carbocycles. The van der Waals surface area contributed by atoms with Crippen molar-refractivity contribution in [3.8, 4) is 0 Å². The van der Waals surface area contributed by atoms with E-state index in [4.69, 9.17) is 5.73 Å². The first-order valence-electron chi connectivity index (χ1n) is 4.10. The highest BCUT2D eigenvalue weighted by Crippen LogP contribution is 2.17. The average molecular weight is 174 g/mol. The van der Waals surface area contributed by atoms with Crippen LogP contribution in [0.5, 0.6) is 0 Å². The van der Waals surface area contributed by atoms with E-state index in [1.54, 1.807) is 0 Å². The highest BCUT2D eigenvalue weighted by molar-refractivity contribution is 5.81. The topological polar surface area (TPSA) is 58.9 Å². The van der Waals surface area contributed by atoms with Crippen molar-refractivity contribution in [3.63, 3.8) is 0 Å².